The minimum atomic E-state index is -3.16. The number of hydrogen-bond acceptors (Lipinski definition) is 6. The predicted molar refractivity (Wildman–Crippen MR) is 84.6 cm³/mol. The summed E-state index contributed by atoms with van der Waals surface area (Å²) < 4.78 is 30.2. The standard InChI is InChI=1S/C14H19N3O3S2/c1-10-5-6-12(21-10)8-13-15-14(20-16-13)11-4-3-7-17(9-11)22(2,18)19/h5-6,11H,3-4,7-9H2,1-2H3. The average Bonchev–Trinajstić information content (AvgIpc) is 3.08. The first-order valence-electron chi connectivity index (χ1n) is 7.25. The van der Waals surface area contributed by atoms with Crippen molar-refractivity contribution >= 4 is 21.4 Å². The number of hydrogen-bond donors (Lipinski definition) is 0. The van der Waals surface area contributed by atoms with Crippen LogP contribution < -0.4 is 0 Å². The van der Waals surface area contributed by atoms with Crippen LogP contribution in [0.15, 0.2) is 16.7 Å². The van der Waals surface area contributed by atoms with Gasteiger partial charge in [-0.25, -0.2) is 12.7 Å². The fraction of sp³-hybridized carbons (Fsp3) is 0.571. The van der Waals surface area contributed by atoms with Gasteiger partial charge in [0, 0.05) is 29.3 Å². The van der Waals surface area contributed by atoms with Crippen molar-refractivity contribution in [3.63, 3.8) is 0 Å². The minimum Gasteiger partial charge on any atom is -0.339 e. The summed E-state index contributed by atoms with van der Waals surface area (Å²) in [4.78, 5) is 6.92. The molecule has 3 rings (SSSR count). The topological polar surface area (TPSA) is 76.3 Å². The lowest BCUT2D eigenvalue weighted by Crippen LogP contribution is -2.38. The van der Waals surface area contributed by atoms with Crippen LogP contribution in [0, 0.1) is 6.92 Å². The van der Waals surface area contributed by atoms with Gasteiger partial charge in [-0.2, -0.15) is 4.98 Å². The van der Waals surface area contributed by atoms with Gasteiger partial charge in [-0.1, -0.05) is 5.16 Å². The largest absolute Gasteiger partial charge is 0.339 e. The molecule has 0 radical (unpaired) electrons. The number of aryl methyl sites for hydroxylation is 1. The van der Waals surface area contributed by atoms with Crippen LogP contribution in [0.4, 0.5) is 0 Å². The molecule has 1 atom stereocenters. The van der Waals surface area contributed by atoms with E-state index in [1.165, 1.54) is 20.3 Å². The van der Waals surface area contributed by atoms with Crippen molar-refractivity contribution < 1.29 is 12.9 Å². The van der Waals surface area contributed by atoms with Gasteiger partial charge in [0.05, 0.1) is 12.2 Å². The molecule has 1 aliphatic heterocycles. The second-order valence-electron chi connectivity index (χ2n) is 5.70. The van der Waals surface area contributed by atoms with Crippen molar-refractivity contribution in [2.24, 2.45) is 0 Å². The molecule has 0 saturated carbocycles. The number of rotatable bonds is 4. The summed E-state index contributed by atoms with van der Waals surface area (Å²) in [5.41, 5.74) is 0. The minimum absolute atomic E-state index is 0.00482. The van der Waals surface area contributed by atoms with E-state index in [0.717, 1.165) is 12.8 Å². The lowest BCUT2D eigenvalue weighted by molar-refractivity contribution is 0.266. The van der Waals surface area contributed by atoms with E-state index in [0.29, 0.717) is 31.2 Å². The van der Waals surface area contributed by atoms with Crippen molar-refractivity contribution in [1.82, 2.24) is 14.4 Å². The molecular formula is C14H19N3O3S2. The molecule has 0 bridgehead atoms. The summed E-state index contributed by atoms with van der Waals surface area (Å²) in [6.45, 7) is 3.07. The van der Waals surface area contributed by atoms with Gasteiger partial charge in [0.2, 0.25) is 15.9 Å². The number of piperidine rings is 1. The second kappa shape index (κ2) is 6.10. The normalized spacial score (nSPS) is 20.4. The maximum atomic E-state index is 11.7. The molecule has 1 saturated heterocycles. The number of aromatic nitrogens is 2. The molecule has 2 aromatic rings. The molecule has 6 nitrogen and oxygen atoms in total. The van der Waals surface area contributed by atoms with Crippen LogP contribution in [0.5, 0.6) is 0 Å². The van der Waals surface area contributed by atoms with Gasteiger partial charge >= 0.3 is 0 Å². The summed E-state index contributed by atoms with van der Waals surface area (Å²) in [5, 5.41) is 4.04. The average molecular weight is 341 g/mol. The molecule has 1 aliphatic rings. The number of thiophene rings is 1. The molecule has 0 N–H and O–H groups in total. The predicted octanol–water partition coefficient (Wildman–Crippen LogP) is 2.17. The van der Waals surface area contributed by atoms with Crippen LogP contribution in [-0.4, -0.2) is 42.2 Å². The van der Waals surface area contributed by atoms with Crippen molar-refractivity contribution in [2.45, 2.75) is 32.1 Å². The van der Waals surface area contributed by atoms with E-state index in [2.05, 4.69) is 29.2 Å². The van der Waals surface area contributed by atoms with Crippen molar-refractivity contribution in [3.05, 3.63) is 33.6 Å². The second-order valence-corrected chi connectivity index (χ2v) is 9.05. The zero-order valence-electron chi connectivity index (χ0n) is 12.7. The highest BCUT2D eigenvalue weighted by Gasteiger charge is 2.30. The fourth-order valence-corrected chi connectivity index (χ4v) is 4.48. The Morgan fingerprint density at radius 1 is 1.45 bits per heavy atom. The highest BCUT2D eigenvalue weighted by molar-refractivity contribution is 7.88. The maximum Gasteiger partial charge on any atom is 0.231 e. The number of nitrogens with zero attached hydrogens (tertiary/aromatic N) is 3. The Balaban J connectivity index is 1.70. The van der Waals surface area contributed by atoms with Crippen LogP contribution in [0.1, 0.15) is 40.2 Å². The van der Waals surface area contributed by atoms with Crippen molar-refractivity contribution in [1.29, 1.82) is 0 Å². The molecule has 1 fully saturated rings. The lowest BCUT2D eigenvalue weighted by Gasteiger charge is -2.28. The first-order chi connectivity index (χ1) is 10.4. The van der Waals surface area contributed by atoms with E-state index in [4.69, 9.17) is 4.52 Å². The third-order valence-corrected chi connectivity index (χ3v) is 6.08. The van der Waals surface area contributed by atoms with Crippen LogP contribution >= 0.6 is 11.3 Å². The van der Waals surface area contributed by atoms with E-state index < -0.39 is 10.0 Å². The Hall–Kier alpha value is -1.25. The molecule has 0 aliphatic carbocycles. The van der Waals surface area contributed by atoms with Gasteiger partial charge < -0.3 is 4.52 Å². The fourth-order valence-electron chi connectivity index (χ4n) is 2.69. The first-order valence-corrected chi connectivity index (χ1v) is 9.91. The zero-order valence-corrected chi connectivity index (χ0v) is 14.3. The third-order valence-electron chi connectivity index (χ3n) is 3.81. The Morgan fingerprint density at radius 2 is 2.27 bits per heavy atom. The smallest absolute Gasteiger partial charge is 0.231 e. The molecule has 1 unspecified atom stereocenters. The van der Waals surface area contributed by atoms with Crippen LogP contribution in [0.2, 0.25) is 0 Å². The van der Waals surface area contributed by atoms with Gasteiger partial charge in [0.15, 0.2) is 5.82 Å². The Bertz CT molecular complexity index is 751. The van der Waals surface area contributed by atoms with Crippen molar-refractivity contribution in [2.75, 3.05) is 19.3 Å². The molecule has 8 heteroatoms. The zero-order chi connectivity index (χ0) is 15.7. The maximum absolute atomic E-state index is 11.7. The first kappa shape index (κ1) is 15.6. The van der Waals surface area contributed by atoms with Gasteiger partial charge in [-0.05, 0) is 31.9 Å². The van der Waals surface area contributed by atoms with E-state index in [-0.39, 0.29) is 5.92 Å². The Labute approximate surface area is 134 Å². The highest BCUT2D eigenvalue weighted by atomic mass is 32.2. The van der Waals surface area contributed by atoms with Gasteiger partial charge in [0.1, 0.15) is 0 Å². The van der Waals surface area contributed by atoms with Crippen LogP contribution in [0.25, 0.3) is 0 Å². The monoisotopic (exact) mass is 341 g/mol. The molecule has 22 heavy (non-hydrogen) atoms. The summed E-state index contributed by atoms with van der Waals surface area (Å²) >= 11 is 1.72. The molecule has 0 aromatic carbocycles. The van der Waals surface area contributed by atoms with Crippen LogP contribution in [-0.2, 0) is 16.4 Å². The molecule has 3 heterocycles. The quantitative estimate of drug-likeness (QED) is 0.852. The Kier molecular flexibility index (Phi) is 4.33. The lowest BCUT2D eigenvalue weighted by atomic mass is 10.00. The van der Waals surface area contributed by atoms with Gasteiger partial charge in [0.25, 0.3) is 0 Å². The summed E-state index contributed by atoms with van der Waals surface area (Å²) in [6, 6.07) is 4.15. The molecule has 120 valence electrons. The summed E-state index contributed by atoms with van der Waals surface area (Å²) in [6.07, 6.45) is 3.60. The van der Waals surface area contributed by atoms with Crippen LogP contribution in [0.3, 0.4) is 0 Å². The molecular weight excluding hydrogens is 322 g/mol. The van der Waals surface area contributed by atoms with Gasteiger partial charge in [-0.3, -0.25) is 0 Å². The van der Waals surface area contributed by atoms with Crippen molar-refractivity contribution in [3.8, 4) is 0 Å². The van der Waals surface area contributed by atoms with Gasteiger partial charge in [-0.15, -0.1) is 11.3 Å². The SMILES string of the molecule is Cc1ccc(Cc2noc(C3CCCN(S(C)(=O)=O)C3)n2)s1. The highest BCUT2D eigenvalue weighted by Crippen LogP contribution is 2.27. The van der Waals surface area contributed by atoms with E-state index in [1.54, 1.807) is 11.3 Å². The molecule has 2 aromatic heterocycles. The molecule has 0 amide bonds. The Morgan fingerprint density at radius 3 is 2.95 bits per heavy atom. The summed E-state index contributed by atoms with van der Waals surface area (Å²) in [7, 11) is -3.16. The molecule has 0 spiro atoms. The third kappa shape index (κ3) is 3.56. The summed E-state index contributed by atoms with van der Waals surface area (Å²) in [5.74, 6) is 1.21. The van der Waals surface area contributed by atoms with E-state index >= 15 is 0 Å². The van der Waals surface area contributed by atoms with E-state index in [1.807, 2.05) is 0 Å². The number of sulfonamides is 1. The van der Waals surface area contributed by atoms with E-state index in [9.17, 15) is 8.42 Å².